The highest BCUT2D eigenvalue weighted by atomic mass is 35.5. The number of ether oxygens (including phenoxy) is 1. The molecule has 1 aliphatic rings. The summed E-state index contributed by atoms with van der Waals surface area (Å²) in [5.41, 5.74) is 0.675. The largest absolute Gasteiger partial charge is 0.481 e. The Hall–Kier alpha value is -1.27. The van der Waals surface area contributed by atoms with Gasteiger partial charge in [0.1, 0.15) is 11.3 Å². The summed E-state index contributed by atoms with van der Waals surface area (Å²) in [4.78, 5) is 18.6. The molecule has 1 aromatic carbocycles. The molecule has 0 radical (unpaired) electrons. The summed E-state index contributed by atoms with van der Waals surface area (Å²) in [6, 6.07) is 7.67. The topological polar surface area (TPSA) is 54.5 Å². The summed E-state index contributed by atoms with van der Waals surface area (Å²) in [5, 5.41) is 4.81. The number of rotatable bonds is 3. The third-order valence-electron chi connectivity index (χ3n) is 4.39. The van der Waals surface area contributed by atoms with Crippen LogP contribution in [0.5, 0.6) is 5.75 Å². The van der Waals surface area contributed by atoms with E-state index in [1.54, 1.807) is 18.3 Å². The zero-order valence-corrected chi connectivity index (χ0v) is 16.5. The van der Waals surface area contributed by atoms with Crippen molar-refractivity contribution >= 4 is 53.2 Å². The van der Waals surface area contributed by atoms with Gasteiger partial charge in [0.05, 0.1) is 5.02 Å². The Bertz CT molecular complexity index is 729. The van der Waals surface area contributed by atoms with E-state index in [-0.39, 0.29) is 49.4 Å². The number of pyridine rings is 1. The van der Waals surface area contributed by atoms with Gasteiger partial charge in [0, 0.05) is 36.8 Å². The zero-order chi connectivity index (χ0) is 16.4. The van der Waals surface area contributed by atoms with Gasteiger partial charge >= 0.3 is 0 Å². The maximum atomic E-state index is 12.5. The molecule has 1 fully saturated rings. The first kappa shape index (κ1) is 21.8. The number of benzene rings is 1. The molecule has 138 valence electrons. The number of piperazine rings is 1. The lowest BCUT2D eigenvalue weighted by molar-refractivity contribution is -0.137. The number of fused-ring (bicyclic) bond motifs is 1. The number of nitrogens with one attached hydrogen (secondary N) is 1. The molecule has 2 heterocycles. The van der Waals surface area contributed by atoms with E-state index in [4.69, 9.17) is 16.3 Å². The van der Waals surface area contributed by atoms with Crippen LogP contribution in [0.4, 0.5) is 0 Å². The van der Waals surface area contributed by atoms with Crippen molar-refractivity contribution in [2.75, 3.05) is 19.7 Å². The fourth-order valence-corrected chi connectivity index (χ4v) is 3.07. The lowest BCUT2D eigenvalue weighted by Gasteiger charge is -2.38. The summed E-state index contributed by atoms with van der Waals surface area (Å²) in [5.74, 6) is 0.569. The van der Waals surface area contributed by atoms with Gasteiger partial charge in [-0.05, 0) is 38.1 Å². The maximum Gasteiger partial charge on any atom is 0.260 e. The van der Waals surface area contributed by atoms with E-state index in [1.165, 1.54) is 0 Å². The van der Waals surface area contributed by atoms with E-state index in [0.29, 0.717) is 22.8 Å². The molecule has 8 heteroatoms. The quantitative estimate of drug-likeness (QED) is 0.849. The van der Waals surface area contributed by atoms with Gasteiger partial charge in [-0.25, -0.2) is 0 Å². The molecule has 0 aliphatic carbocycles. The molecule has 25 heavy (non-hydrogen) atoms. The van der Waals surface area contributed by atoms with Crippen molar-refractivity contribution in [2.24, 2.45) is 0 Å². The highest BCUT2D eigenvalue weighted by molar-refractivity contribution is 6.35. The molecule has 0 spiro atoms. The lowest BCUT2D eigenvalue weighted by atomic mass is 10.1. The predicted octanol–water partition coefficient (Wildman–Crippen LogP) is 3.32. The molecule has 2 unspecified atom stereocenters. The van der Waals surface area contributed by atoms with Gasteiger partial charge in [0.15, 0.2) is 6.61 Å². The molecule has 1 aliphatic heterocycles. The second-order valence-corrected chi connectivity index (χ2v) is 6.21. The SMILES string of the molecule is CC1NCCN(C(=O)COc2ccc(Cl)c3cccnc23)C1C.Cl.Cl. The van der Waals surface area contributed by atoms with Gasteiger partial charge in [0.25, 0.3) is 5.91 Å². The van der Waals surface area contributed by atoms with E-state index in [0.717, 1.165) is 11.9 Å². The second kappa shape index (κ2) is 9.43. The fraction of sp³-hybridized carbons (Fsp3) is 0.412. The number of halogens is 3. The van der Waals surface area contributed by atoms with Gasteiger partial charge in [0.2, 0.25) is 0 Å². The highest BCUT2D eigenvalue weighted by Gasteiger charge is 2.28. The van der Waals surface area contributed by atoms with Crippen molar-refractivity contribution in [3.63, 3.8) is 0 Å². The Balaban J connectivity index is 0.00000156. The molecule has 1 amide bonds. The summed E-state index contributed by atoms with van der Waals surface area (Å²) in [6.07, 6.45) is 1.69. The predicted molar refractivity (Wildman–Crippen MR) is 105 cm³/mol. The minimum Gasteiger partial charge on any atom is -0.481 e. The van der Waals surface area contributed by atoms with Crippen LogP contribution in [0.15, 0.2) is 30.5 Å². The average molecular weight is 407 g/mol. The standard InChI is InChI=1S/C17H20ClN3O2.2ClH/c1-11-12(2)21(9-8-19-11)16(22)10-23-15-6-5-14(18)13-4-3-7-20-17(13)15;;/h3-7,11-12,19H,8-10H2,1-2H3;2*1H. The Morgan fingerprint density at radius 1 is 1.36 bits per heavy atom. The van der Waals surface area contributed by atoms with Crippen molar-refractivity contribution in [2.45, 2.75) is 25.9 Å². The summed E-state index contributed by atoms with van der Waals surface area (Å²) in [7, 11) is 0. The number of amides is 1. The van der Waals surface area contributed by atoms with Crippen LogP contribution < -0.4 is 10.1 Å². The molecule has 1 saturated heterocycles. The number of aromatic nitrogens is 1. The fourth-order valence-electron chi connectivity index (χ4n) is 2.86. The van der Waals surface area contributed by atoms with E-state index < -0.39 is 0 Å². The molecule has 0 saturated carbocycles. The van der Waals surface area contributed by atoms with Crippen LogP contribution in [0.1, 0.15) is 13.8 Å². The number of carbonyl (C=O) groups excluding carboxylic acids is 1. The minimum absolute atomic E-state index is 0. The molecule has 3 rings (SSSR count). The summed E-state index contributed by atoms with van der Waals surface area (Å²) in [6.45, 7) is 5.65. The average Bonchev–Trinajstić information content (AvgIpc) is 2.57. The monoisotopic (exact) mass is 405 g/mol. The van der Waals surface area contributed by atoms with E-state index >= 15 is 0 Å². The molecular weight excluding hydrogens is 385 g/mol. The molecular formula is C17H22Cl3N3O2. The molecule has 1 N–H and O–H groups in total. The van der Waals surface area contributed by atoms with Crippen LogP contribution in [-0.2, 0) is 4.79 Å². The van der Waals surface area contributed by atoms with Crippen LogP contribution in [0.2, 0.25) is 5.02 Å². The Morgan fingerprint density at radius 3 is 2.88 bits per heavy atom. The summed E-state index contributed by atoms with van der Waals surface area (Å²) < 4.78 is 5.74. The lowest BCUT2D eigenvalue weighted by Crippen LogP contribution is -2.58. The first-order valence-corrected chi connectivity index (χ1v) is 8.14. The number of hydrogen-bond acceptors (Lipinski definition) is 4. The van der Waals surface area contributed by atoms with Gasteiger partial charge < -0.3 is 15.0 Å². The molecule has 0 bridgehead atoms. The van der Waals surface area contributed by atoms with Crippen LogP contribution >= 0.6 is 36.4 Å². The number of carbonyl (C=O) groups is 1. The van der Waals surface area contributed by atoms with Crippen LogP contribution in [0, 0.1) is 0 Å². The van der Waals surface area contributed by atoms with Crippen molar-refractivity contribution in [1.82, 2.24) is 15.2 Å². The maximum absolute atomic E-state index is 12.5. The van der Waals surface area contributed by atoms with Crippen LogP contribution in [0.3, 0.4) is 0 Å². The van der Waals surface area contributed by atoms with Crippen LogP contribution in [-0.4, -0.2) is 47.6 Å². The van der Waals surface area contributed by atoms with Gasteiger partial charge in [-0.1, -0.05) is 11.6 Å². The van der Waals surface area contributed by atoms with Gasteiger partial charge in [-0.15, -0.1) is 24.8 Å². The van der Waals surface area contributed by atoms with Crippen LogP contribution in [0.25, 0.3) is 10.9 Å². The normalized spacial score (nSPS) is 19.7. The molecule has 2 aromatic rings. The van der Waals surface area contributed by atoms with E-state index in [9.17, 15) is 4.79 Å². The second-order valence-electron chi connectivity index (χ2n) is 5.80. The van der Waals surface area contributed by atoms with Crippen molar-refractivity contribution in [3.8, 4) is 5.75 Å². The molecule has 1 aromatic heterocycles. The van der Waals surface area contributed by atoms with E-state index in [1.807, 2.05) is 24.0 Å². The first-order chi connectivity index (χ1) is 11.1. The Kier molecular flexibility index (Phi) is 8.22. The first-order valence-electron chi connectivity index (χ1n) is 7.77. The van der Waals surface area contributed by atoms with Gasteiger partial charge in [-0.3, -0.25) is 9.78 Å². The number of nitrogens with zero attached hydrogens (tertiary/aromatic N) is 2. The molecule has 5 nitrogen and oxygen atoms in total. The third-order valence-corrected chi connectivity index (χ3v) is 4.71. The molecule has 2 atom stereocenters. The van der Waals surface area contributed by atoms with Gasteiger partial charge in [-0.2, -0.15) is 0 Å². The summed E-state index contributed by atoms with van der Waals surface area (Å²) >= 11 is 6.17. The zero-order valence-electron chi connectivity index (χ0n) is 14.1. The van der Waals surface area contributed by atoms with E-state index in [2.05, 4.69) is 17.2 Å². The third kappa shape index (κ3) is 4.67. The van der Waals surface area contributed by atoms with Crippen molar-refractivity contribution in [1.29, 1.82) is 0 Å². The Labute approximate surface area is 164 Å². The smallest absolute Gasteiger partial charge is 0.260 e. The van der Waals surface area contributed by atoms with Crippen molar-refractivity contribution in [3.05, 3.63) is 35.5 Å². The number of hydrogen-bond donors (Lipinski definition) is 1. The minimum atomic E-state index is -0.00937. The van der Waals surface area contributed by atoms with Crippen molar-refractivity contribution < 1.29 is 9.53 Å². The highest BCUT2D eigenvalue weighted by Crippen LogP contribution is 2.29. The Morgan fingerprint density at radius 2 is 2.12 bits per heavy atom.